The molecule has 1 unspecified atom stereocenters. The zero-order valence-corrected chi connectivity index (χ0v) is 8.40. The Morgan fingerprint density at radius 2 is 2.50 bits per heavy atom. The minimum atomic E-state index is -0.764. The second kappa shape index (κ2) is 3.91. The number of piperidine rings is 1. The number of hydrogen-bond donors (Lipinski definition) is 1. The molecule has 1 aliphatic rings. The predicted molar refractivity (Wildman–Crippen MR) is 52.5 cm³/mol. The van der Waals surface area contributed by atoms with Crippen LogP contribution in [0.25, 0.3) is 0 Å². The van der Waals surface area contributed by atoms with E-state index in [0.29, 0.717) is 6.42 Å². The molecule has 76 valence electrons. The number of rotatable bonds is 2. The molecule has 0 radical (unpaired) electrons. The van der Waals surface area contributed by atoms with Gasteiger partial charge in [-0.3, -0.25) is 0 Å². The van der Waals surface area contributed by atoms with Gasteiger partial charge in [-0.1, -0.05) is 0 Å². The summed E-state index contributed by atoms with van der Waals surface area (Å²) in [5.41, 5.74) is 0. The molecule has 2 rings (SSSR count). The van der Waals surface area contributed by atoms with Gasteiger partial charge in [0.05, 0.1) is 0 Å². The molecular weight excluding hydrogens is 202 g/mol. The fourth-order valence-electron chi connectivity index (χ4n) is 1.71. The monoisotopic (exact) mass is 213 g/mol. The smallest absolute Gasteiger partial charge is 0.326 e. The van der Waals surface area contributed by atoms with Gasteiger partial charge in [0.15, 0.2) is 0 Å². The summed E-state index contributed by atoms with van der Waals surface area (Å²) in [6, 6.07) is -0.420. The largest absolute Gasteiger partial charge is 0.480 e. The van der Waals surface area contributed by atoms with Crippen molar-refractivity contribution in [3.8, 4) is 0 Å². The van der Waals surface area contributed by atoms with Crippen LogP contribution >= 0.6 is 11.5 Å². The molecule has 0 bridgehead atoms. The van der Waals surface area contributed by atoms with Gasteiger partial charge in [0.25, 0.3) is 0 Å². The van der Waals surface area contributed by atoms with Gasteiger partial charge in [-0.25, -0.2) is 9.78 Å². The van der Waals surface area contributed by atoms with Crippen molar-refractivity contribution < 1.29 is 9.90 Å². The Hall–Kier alpha value is -1.17. The number of aliphatic carboxylic acids is 1. The van der Waals surface area contributed by atoms with E-state index in [9.17, 15) is 4.79 Å². The standard InChI is InChI=1S/C8H11N3O2S/c12-7(13)6-3-1-2-4-11(6)8-9-5-10-14-8/h5-6H,1-4H2,(H,12,13). The third kappa shape index (κ3) is 1.70. The van der Waals surface area contributed by atoms with E-state index in [0.717, 1.165) is 24.5 Å². The minimum Gasteiger partial charge on any atom is -0.480 e. The van der Waals surface area contributed by atoms with Crippen molar-refractivity contribution in [2.45, 2.75) is 25.3 Å². The van der Waals surface area contributed by atoms with E-state index in [1.54, 1.807) is 0 Å². The number of hydrogen-bond acceptors (Lipinski definition) is 5. The van der Waals surface area contributed by atoms with Gasteiger partial charge in [-0.15, -0.1) is 0 Å². The lowest BCUT2D eigenvalue weighted by Crippen LogP contribution is -2.44. The highest BCUT2D eigenvalue weighted by atomic mass is 32.1. The molecule has 2 heterocycles. The average molecular weight is 213 g/mol. The van der Waals surface area contributed by atoms with Gasteiger partial charge in [0.2, 0.25) is 5.13 Å². The van der Waals surface area contributed by atoms with E-state index in [4.69, 9.17) is 5.11 Å². The fourth-order valence-corrected chi connectivity index (χ4v) is 2.32. The highest BCUT2D eigenvalue weighted by molar-refractivity contribution is 7.09. The van der Waals surface area contributed by atoms with Crippen molar-refractivity contribution in [2.24, 2.45) is 0 Å². The van der Waals surface area contributed by atoms with Gasteiger partial charge < -0.3 is 10.0 Å². The number of anilines is 1. The molecule has 0 spiro atoms. The Labute approximate surface area is 85.6 Å². The van der Waals surface area contributed by atoms with Crippen molar-refractivity contribution in [1.82, 2.24) is 9.36 Å². The maximum absolute atomic E-state index is 11.0. The highest BCUT2D eigenvalue weighted by Crippen LogP contribution is 2.25. The molecule has 6 heteroatoms. The minimum absolute atomic E-state index is 0.420. The van der Waals surface area contributed by atoms with E-state index in [2.05, 4.69) is 9.36 Å². The van der Waals surface area contributed by atoms with Crippen LogP contribution in [-0.4, -0.2) is 33.0 Å². The van der Waals surface area contributed by atoms with E-state index in [-0.39, 0.29) is 0 Å². The van der Waals surface area contributed by atoms with Crippen LogP contribution < -0.4 is 4.90 Å². The average Bonchev–Trinajstić information content (AvgIpc) is 2.70. The van der Waals surface area contributed by atoms with Crippen LogP contribution in [0.5, 0.6) is 0 Å². The molecule has 1 fully saturated rings. The summed E-state index contributed by atoms with van der Waals surface area (Å²) < 4.78 is 3.89. The highest BCUT2D eigenvalue weighted by Gasteiger charge is 2.29. The second-order valence-electron chi connectivity index (χ2n) is 3.27. The van der Waals surface area contributed by atoms with Crippen LogP contribution in [0.4, 0.5) is 5.13 Å². The quantitative estimate of drug-likeness (QED) is 0.793. The topological polar surface area (TPSA) is 66.3 Å². The van der Waals surface area contributed by atoms with E-state index in [1.807, 2.05) is 4.90 Å². The van der Waals surface area contributed by atoms with Gasteiger partial charge in [-0.05, 0) is 19.3 Å². The molecule has 1 saturated heterocycles. The third-order valence-corrected chi connectivity index (χ3v) is 3.09. The molecule has 0 amide bonds. The molecule has 0 aromatic carbocycles. The second-order valence-corrected chi connectivity index (χ2v) is 4.03. The zero-order chi connectivity index (χ0) is 9.97. The van der Waals surface area contributed by atoms with Crippen molar-refractivity contribution in [1.29, 1.82) is 0 Å². The van der Waals surface area contributed by atoms with Crippen LogP contribution in [0.15, 0.2) is 6.33 Å². The molecule has 5 nitrogen and oxygen atoms in total. The zero-order valence-electron chi connectivity index (χ0n) is 7.59. The number of nitrogens with zero attached hydrogens (tertiary/aromatic N) is 3. The molecule has 1 N–H and O–H groups in total. The number of aromatic nitrogens is 2. The normalized spacial score (nSPS) is 22.3. The van der Waals surface area contributed by atoms with Crippen LogP contribution in [0, 0.1) is 0 Å². The summed E-state index contributed by atoms with van der Waals surface area (Å²) in [5, 5.41) is 9.74. The molecule has 0 aliphatic carbocycles. The van der Waals surface area contributed by atoms with Gasteiger partial charge >= 0.3 is 5.97 Å². The lowest BCUT2D eigenvalue weighted by Gasteiger charge is -2.32. The maximum atomic E-state index is 11.0. The number of carboxylic acids is 1. The van der Waals surface area contributed by atoms with Crippen LogP contribution in [0.1, 0.15) is 19.3 Å². The lowest BCUT2D eigenvalue weighted by molar-refractivity contribution is -0.139. The van der Waals surface area contributed by atoms with E-state index >= 15 is 0 Å². The van der Waals surface area contributed by atoms with Crippen molar-refractivity contribution in [3.63, 3.8) is 0 Å². The Bertz CT molecular complexity index is 314. The van der Waals surface area contributed by atoms with Crippen molar-refractivity contribution in [3.05, 3.63) is 6.33 Å². The van der Waals surface area contributed by atoms with E-state index < -0.39 is 12.0 Å². The van der Waals surface area contributed by atoms with Crippen LogP contribution in [-0.2, 0) is 4.79 Å². The fraction of sp³-hybridized carbons (Fsp3) is 0.625. The molecule has 1 aliphatic heterocycles. The Morgan fingerprint density at radius 3 is 3.14 bits per heavy atom. The molecule has 1 aromatic heterocycles. The summed E-state index contributed by atoms with van der Waals surface area (Å²) in [4.78, 5) is 16.9. The summed E-state index contributed by atoms with van der Waals surface area (Å²) >= 11 is 1.25. The number of carboxylic acid groups (broad SMARTS) is 1. The van der Waals surface area contributed by atoms with Gasteiger partial charge in [0.1, 0.15) is 12.4 Å². The van der Waals surface area contributed by atoms with Crippen molar-refractivity contribution in [2.75, 3.05) is 11.4 Å². The Morgan fingerprint density at radius 1 is 1.64 bits per heavy atom. The lowest BCUT2D eigenvalue weighted by atomic mass is 10.0. The summed E-state index contributed by atoms with van der Waals surface area (Å²) in [6.07, 6.45) is 4.18. The first-order valence-electron chi connectivity index (χ1n) is 4.55. The van der Waals surface area contributed by atoms with Crippen LogP contribution in [0.3, 0.4) is 0 Å². The predicted octanol–water partition coefficient (Wildman–Crippen LogP) is 0.982. The molecule has 14 heavy (non-hydrogen) atoms. The molecule has 1 aromatic rings. The summed E-state index contributed by atoms with van der Waals surface area (Å²) in [6.45, 7) is 0.770. The van der Waals surface area contributed by atoms with Crippen LogP contribution in [0.2, 0.25) is 0 Å². The molecule has 1 atom stereocenters. The van der Waals surface area contributed by atoms with Crippen molar-refractivity contribution >= 4 is 22.6 Å². The summed E-state index contributed by atoms with van der Waals surface area (Å²) in [5.74, 6) is -0.764. The first-order valence-corrected chi connectivity index (χ1v) is 5.32. The van der Waals surface area contributed by atoms with E-state index in [1.165, 1.54) is 17.9 Å². The first-order chi connectivity index (χ1) is 6.79. The Balaban J connectivity index is 2.18. The summed E-state index contributed by atoms with van der Waals surface area (Å²) in [7, 11) is 0. The maximum Gasteiger partial charge on any atom is 0.326 e. The first kappa shape index (κ1) is 9.39. The Kier molecular flexibility index (Phi) is 2.62. The van der Waals surface area contributed by atoms with Gasteiger partial charge in [-0.2, -0.15) is 4.37 Å². The number of carbonyl (C=O) groups is 1. The molecule has 0 saturated carbocycles. The third-order valence-electron chi connectivity index (χ3n) is 2.38. The SMILES string of the molecule is O=C(O)C1CCCCN1c1ncns1. The molecular formula is C8H11N3O2S. The van der Waals surface area contributed by atoms with Gasteiger partial charge in [0, 0.05) is 18.1 Å².